The number of rotatable bonds is 8. The van der Waals surface area contributed by atoms with Crippen LogP contribution in [0.2, 0.25) is 0 Å². The Morgan fingerprint density at radius 3 is 2.58 bits per heavy atom. The molecule has 0 fully saturated rings. The fraction of sp³-hybridized carbons (Fsp3) is 0.500. The summed E-state index contributed by atoms with van der Waals surface area (Å²) in [5.74, 6) is -1.18. The van der Waals surface area contributed by atoms with Crippen LogP contribution in [0.5, 0.6) is 5.75 Å². The third-order valence-corrected chi connectivity index (χ3v) is 8.61. The van der Waals surface area contributed by atoms with Gasteiger partial charge in [0.2, 0.25) is 0 Å². The van der Waals surface area contributed by atoms with Crippen molar-refractivity contribution >= 4 is 5.97 Å². The minimum atomic E-state index is -1.26. The fourth-order valence-electron chi connectivity index (χ4n) is 6.83. The van der Waals surface area contributed by atoms with Crippen LogP contribution in [0.15, 0.2) is 36.4 Å². The van der Waals surface area contributed by atoms with Crippen LogP contribution in [-0.4, -0.2) is 46.3 Å². The topological polar surface area (TPSA) is 71.9 Å². The SMILES string of the molecule is Cc1nc2c(c(-c3cc(F)c4c(c3C)CCCO4)c1[C@H](OC(C)(C)C)C(=O)O)CN(CCCc1ccccc1)CC2(C)C. The first-order valence-electron chi connectivity index (χ1n) is 15.4. The number of ether oxygens (including phenoxy) is 2. The maximum Gasteiger partial charge on any atom is 0.337 e. The van der Waals surface area contributed by atoms with Crippen molar-refractivity contribution in [2.24, 2.45) is 0 Å². The maximum absolute atomic E-state index is 15.8. The molecule has 3 aromatic rings. The number of nitrogens with zero attached hydrogens (tertiary/aromatic N) is 2. The number of carbonyl (C=O) groups is 1. The van der Waals surface area contributed by atoms with E-state index in [2.05, 4.69) is 43.0 Å². The summed E-state index contributed by atoms with van der Waals surface area (Å²) in [5, 5.41) is 10.5. The third kappa shape index (κ3) is 6.48. The lowest BCUT2D eigenvalue weighted by atomic mass is 9.76. The number of fused-ring (bicyclic) bond motifs is 2. The molecule has 6 nitrogen and oxygen atoms in total. The quantitative estimate of drug-likeness (QED) is 0.294. The number of benzene rings is 2. The van der Waals surface area contributed by atoms with E-state index in [0.29, 0.717) is 42.1 Å². The summed E-state index contributed by atoms with van der Waals surface area (Å²) in [4.78, 5) is 20.4. The van der Waals surface area contributed by atoms with Crippen molar-refractivity contribution in [1.82, 2.24) is 9.88 Å². The van der Waals surface area contributed by atoms with E-state index >= 15 is 4.39 Å². The lowest BCUT2D eigenvalue weighted by molar-refractivity contribution is -0.160. The van der Waals surface area contributed by atoms with Crippen molar-refractivity contribution in [3.63, 3.8) is 0 Å². The number of halogens is 1. The lowest BCUT2D eigenvalue weighted by Crippen LogP contribution is -2.44. The number of aliphatic carboxylic acids is 1. The predicted octanol–water partition coefficient (Wildman–Crippen LogP) is 7.50. The van der Waals surface area contributed by atoms with Gasteiger partial charge in [0.05, 0.1) is 17.9 Å². The van der Waals surface area contributed by atoms with E-state index in [0.717, 1.165) is 60.3 Å². The summed E-state index contributed by atoms with van der Waals surface area (Å²) in [7, 11) is 0. The molecule has 1 N–H and O–H groups in total. The molecule has 5 rings (SSSR count). The average Bonchev–Trinajstić information content (AvgIpc) is 2.94. The number of carboxylic acids is 1. The second kappa shape index (κ2) is 12.0. The molecule has 0 saturated heterocycles. The highest BCUT2D eigenvalue weighted by Crippen LogP contribution is 2.47. The van der Waals surface area contributed by atoms with Gasteiger partial charge in [0.1, 0.15) is 0 Å². The molecule has 43 heavy (non-hydrogen) atoms. The molecule has 1 aromatic heterocycles. The number of aromatic nitrogens is 1. The highest BCUT2D eigenvalue weighted by Gasteiger charge is 2.40. The van der Waals surface area contributed by atoms with Gasteiger partial charge in [0.25, 0.3) is 0 Å². The first kappa shape index (κ1) is 31.1. The second-order valence-corrected chi connectivity index (χ2v) is 13.7. The van der Waals surface area contributed by atoms with Gasteiger partial charge < -0.3 is 14.6 Å². The largest absolute Gasteiger partial charge is 0.490 e. The van der Waals surface area contributed by atoms with Gasteiger partial charge in [0, 0.05) is 35.3 Å². The second-order valence-electron chi connectivity index (χ2n) is 13.7. The van der Waals surface area contributed by atoms with E-state index in [1.807, 2.05) is 40.7 Å². The molecular weight excluding hydrogens is 543 g/mol. The Morgan fingerprint density at radius 1 is 1.19 bits per heavy atom. The number of carboxylic acid groups (broad SMARTS) is 1. The molecule has 0 spiro atoms. The van der Waals surface area contributed by atoms with Crippen molar-refractivity contribution in [1.29, 1.82) is 0 Å². The minimum absolute atomic E-state index is 0.300. The Morgan fingerprint density at radius 2 is 1.91 bits per heavy atom. The standard InChI is InChI=1S/C36H45FN2O4/c1-22-25-16-12-18-42-31(25)28(37)19-26(22)30-27-20-39(17-11-15-24-13-9-8-10-14-24)21-36(6,7)33(27)38-23(2)29(30)32(34(40)41)43-35(3,4)5/h8-10,13-14,19,32H,11-12,15-18,20-21H2,1-7H3,(H,40,41)/t32-/m0/s1. The van der Waals surface area contributed by atoms with Crippen LogP contribution in [-0.2, 0) is 34.3 Å². The van der Waals surface area contributed by atoms with Gasteiger partial charge in [0.15, 0.2) is 17.7 Å². The van der Waals surface area contributed by atoms with Crippen LogP contribution in [0.25, 0.3) is 11.1 Å². The molecule has 2 aliphatic heterocycles. The molecule has 230 valence electrons. The van der Waals surface area contributed by atoms with Gasteiger partial charge in [-0.15, -0.1) is 0 Å². The van der Waals surface area contributed by atoms with E-state index in [-0.39, 0.29) is 5.41 Å². The van der Waals surface area contributed by atoms with E-state index in [9.17, 15) is 9.90 Å². The van der Waals surface area contributed by atoms with Gasteiger partial charge in [-0.25, -0.2) is 9.18 Å². The normalized spacial score (nSPS) is 17.1. The van der Waals surface area contributed by atoms with Crippen LogP contribution in [0, 0.1) is 19.7 Å². The Bertz CT molecular complexity index is 1510. The maximum atomic E-state index is 15.8. The molecule has 2 aliphatic rings. The van der Waals surface area contributed by atoms with Crippen LogP contribution >= 0.6 is 0 Å². The molecule has 2 aromatic carbocycles. The molecule has 0 amide bonds. The summed E-state index contributed by atoms with van der Waals surface area (Å²) in [5.41, 5.74) is 6.50. The molecule has 0 bridgehead atoms. The van der Waals surface area contributed by atoms with E-state index in [1.165, 1.54) is 11.6 Å². The van der Waals surface area contributed by atoms with Crippen LogP contribution in [0.3, 0.4) is 0 Å². The van der Waals surface area contributed by atoms with Crippen LogP contribution < -0.4 is 4.74 Å². The smallest absolute Gasteiger partial charge is 0.337 e. The lowest BCUT2D eigenvalue weighted by Gasteiger charge is -2.41. The minimum Gasteiger partial charge on any atom is -0.490 e. The van der Waals surface area contributed by atoms with Crippen molar-refractivity contribution in [3.8, 4) is 16.9 Å². The zero-order chi connectivity index (χ0) is 31.1. The van der Waals surface area contributed by atoms with Gasteiger partial charge in [-0.2, -0.15) is 0 Å². The van der Waals surface area contributed by atoms with Crippen LogP contribution in [0.1, 0.15) is 92.8 Å². The van der Waals surface area contributed by atoms with Gasteiger partial charge >= 0.3 is 5.97 Å². The zero-order valence-electron chi connectivity index (χ0n) is 26.6. The van der Waals surface area contributed by atoms with Gasteiger partial charge in [-0.05, 0) is 101 Å². The predicted molar refractivity (Wildman–Crippen MR) is 167 cm³/mol. The monoisotopic (exact) mass is 588 g/mol. The number of hydrogen-bond donors (Lipinski definition) is 1. The molecule has 3 heterocycles. The van der Waals surface area contributed by atoms with Crippen LogP contribution in [0.4, 0.5) is 4.39 Å². The third-order valence-electron chi connectivity index (χ3n) is 8.61. The molecular formula is C36H45FN2O4. The number of aryl methyl sites for hydroxylation is 2. The number of pyridine rings is 1. The highest BCUT2D eigenvalue weighted by atomic mass is 19.1. The Hall–Kier alpha value is -3.29. The van der Waals surface area contributed by atoms with Gasteiger partial charge in [-0.3, -0.25) is 9.88 Å². The highest BCUT2D eigenvalue weighted by molar-refractivity contribution is 5.84. The summed E-state index contributed by atoms with van der Waals surface area (Å²) in [6, 6.07) is 12.0. The molecule has 0 radical (unpaired) electrons. The van der Waals surface area contributed by atoms with E-state index in [4.69, 9.17) is 14.5 Å². The van der Waals surface area contributed by atoms with Crippen molar-refractivity contribution < 1.29 is 23.8 Å². The molecule has 1 atom stereocenters. The first-order chi connectivity index (χ1) is 20.3. The Labute approximate surface area is 255 Å². The van der Waals surface area contributed by atoms with E-state index in [1.54, 1.807) is 0 Å². The summed E-state index contributed by atoms with van der Waals surface area (Å²) in [6.45, 7) is 16.6. The summed E-state index contributed by atoms with van der Waals surface area (Å²) >= 11 is 0. The molecule has 0 aliphatic carbocycles. The summed E-state index contributed by atoms with van der Waals surface area (Å²) in [6.07, 6.45) is 2.23. The van der Waals surface area contributed by atoms with Gasteiger partial charge in [-0.1, -0.05) is 44.2 Å². The Kier molecular flexibility index (Phi) is 8.70. The summed E-state index contributed by atoms with van der Waals surface area (Å²) < 4.78 is 27.7. The zero-order valence-corrected chi connectivity index (χ0v) is 26.6. The van der Waals surface area contributed by atoms with Crippen molar-refractivity contribution in [3.05, 3.63) is 81.4 Å². The molecule has 7 heteroatoms. The van der Waals surface area contributed by atoms with Crippen molar-refractivity contribution in [2.75, 3.05) is 19.7 Å². The first-order valence-corrected chi connectivity index (χ1v) is 15.4. The fourth-order valence-corrected chi connectivity index (χ4v) is 6.83. The Balaban J connectivity index is 1.69. The average molecular weight is 589 g/mol. The van der Waals surface area contributed by atoms with Crippen molar-refractivity contribution in [2.45, 2.75) is 97.8 Å². The van der Waals surface area contributed by atoms with E-state index < -0.39 is 23.5 Å². The molecule has 0 unspecified atom stereocenters. The molecule has 0 saturated carbocycles. The number of hydrogen-bond acceptors (Lipinski definition) is 5.